The molecule has 0 aliphatic heterocycles. The fraction of sp³-hybridized carbons (Fsp3) is 0.227. The van der Waals surface area contributed by atoms with Gasteiger partial charge in [0.15, 0.2) is 5.69 Å². The molecular weight excluding hydrogens is 467 g/mol. The molecule has 180 valence electrons. The molecule has 1 aromatic heterocycles. The zero-order chi connectivity index (χ0) is 25.0. The molecule has 7 nitrogen and oxygen atoms in total. The molecule has 0 aliphatic rings. The van der Waals surface area contributed by atoms with Crippen LogP contribution in [-0.2, 0) is 15.7 Å². The summed E-state index contributed by atoms with van der Waals surface area (Å²) in [4.78, 5) is 25.2. The average molecular weight is 484 g/mol. The Morgan fingerprint density at radius 3 is 2.21 bits per heavy atom. The number of esters is 2. The maximum absolute atomic E-state index is 13.4. The number of carbonyl (C=O) groups is 2. The van der Waals surface area contributed by atoms with E-state index < -0.39 is 48.0 Å². The van der Waals surface area contributed by atoms with E-state index in [1.165, 1.54) is 0 Å². The van der Waals surface area contributed by atoms with Gasteiger partial charge in [0.1, 0.15) is 23.6 Å². The second kappa shape index (κ2) is 9.89. The van der Waals surface area contributed by atoms with Crippen molar-refractivity contribution in [3.05, 3.63) is 65.4 Å². The number of methoxy groups -OCH3 is 2. The first kappa shape index (κ1) is 24.7. The molecule has 3 rings (SSSR count). The standard InChI is InChI=1S/C22H17F5N2O5/c1-32-20(30)17-18(28-29(19(17)21(31)33-2)13-6-4-3-5-7-13)12-8-9-14(22(25,26)27)15(10-12)34-11-16(23)24/h3-10,16H,11H2,1-2H3. The number of hydrogen-bond acceptors (Lipinski definition) is 6. The molecule has 34 heavy (non-hydrogen) atoms. The van der Waals surface area contributed by atoms with Gasteiger partial charge in [0.05, 0.1) is 25.5 Å². The number of alkyl halides is 5. The smallest absolute Gasteiger partial charge is 0.419 e. The molecule has 0 amide bonds. The van der Waals surface area contributed by atoms with Crippen molar-refractivity contribution in [3.8, 4) is 22.7 Å². The number of carbonyl (C=O) groups excluding carboxylic acids is 2. The van der Waals surface area contributed by atoms with Gasteiger partial charge < -0.3 is 14.2 Å². The molecule has 0 N–H and O–H groups in total. The van der Waals surface area contributed by atoms with Gasteiger partial charge in [-0.05, 0) is 24.3 Å². The third-order valence-electron chi connectivity index (χ3n) is 4.58. The highest BCUT2D eigenvalue weighted by Gasteiger charge is 2.36. The molecule has 2 aromatic carbocycles. The molecule has 0 radical (unpaired) electrons. The number of benzene rings is 2. The van der Waals surface area contributed by atoms with Crippen molar-refractivity contribution in [1.82, 2.24) is 9.78 Å². The number of rotatable bonds is 7. The summed E-state index contributed by atoms with van der Waals surface area (Å²) >= 11 is 0. The van der Waals surface area contributed by atoms with Crippen LogP contribution < -0.4 is 4.74 Å². The quantitative estimate of drug-likeness (QED) is 0.355. The average Bonchev–Trinajstić information content (AvgIpc) is 3.22. The number of para-hydroxylation sites is 1. The van der Waals surface area contributed by atoms with E-state index in [0.717, 1.165) is 31.0 Å². The third kappa shape index (κ3) is 5.00. The molecule has 0 saturated carbocycles. The molecule has 1 heterocycles. The maximum Gasteiger partial charge on any atom is 0.419 e. The zero-order valence-electron chi connectivity index (χ0n) is 17.7. The lowest BCUT2D eigenvalue weighted by Gasteiger charge is -2.15. The lowest BCUT2D eigenvalue weighted by molar-refractivity contribution is -0.139. The number of hydrogen-bond donors (Lipinski definition) is 0. The Hall–Kier alpha value is -3.96. The van der Waals surface area contributed by atoms with E-state index in [2.05, 4.69) is 5.10 Å². The van der Waals surface area contributed by atoms with Crippen LogP contribution in [0.1, 0.15) is 26.4 Å². The van der Waals surface area contributed by atoms with Crippen molar-refractivity contribution in [2.75, 3.05) is 20.8 Å². The minimum atomic E-state index is -4.90. The van der Waals surface area contributed by atoms with E-state index in [0.29, 0.717) is 11.8 Å². The first-order valence-corrected chi connectivity index (χ1v) is 9.56. The van der Waals surface area contributed by atoms with Crippen LogP contribution in [0.3, 0.4) is 0 Å². The second-order valence-electron chi connectivity index (χ2n) is 6.71. The Labute approximate surface area is 189 Å². The summed E-state index contributed by atoms with van der Waals surface area (Å²) in [5.74, 6) is -2.88. The third-order valence-corrected chi connectivity index (χ3v) is 4.58. The minimum Gasteiger partial charge on any atom is -0.487 e. The van der Waals surface area contributed by atoms with Gasteiger partial charge in [0.25, 0.3) is 6.43 Å². The summed E-state index contributed by atoms with van der Waals surface area (Å²) in [6.07, 6.45) is -7.93. The normalized spacial score (nSPS) is 11.4. The molecule has 0 atom stereocenters. The van der Waals surface area contributed by atoms with Crippen LogP contribution >= 0.6 is 0 Å². The van der Waals surface area contributed by atoms with Gasteiger partial charge in [-0.25, -0.2) is 23.1 Å². The number of aromatic nitrogens is 2. The SMILES string of the molecule is COC(=O)c1c(-c2ccc(C(F)(F)F)c(OCC(F)F)c2)nn(-c2ccccc2)c1C(=O)OC. The topological polar surface area (TPSA) is 79.7 Å². The van der Waals surface area contributed by atoms with Gasteiger partial charge in [-0.2, -0.15) is 18.3 Å². The van der Waals surface area contributed by atoms with E-state index in [4.69, 9.17) is 14.2 Å². The summed E-state index contributed by atoms with van der Waals surface area (Å²) in [7, 11) is 2.11. The largest absolute Gasteiger partial charge is 0.487 e. The van der Waals surface area contributed by atoms with Gasteiger partial charge in [0.2, 0.25) is 0 Å². The van der Waals surface area contributed by atoms with Gasteiger partial charge in [-0.3, -0.25) is 0 Å². The summed E-state index contributed by atoms with van der Waals surface area (Å²) in [6.45, 7) is -1.29. The highest BCUT2D eigenvalue weighted by atomic mass is 19.4. The first-order chi connectivity index (χ1) is 16.1. The van der Waals surface area contributed by atoms with Crippen molar-refractivity contribution < 1.29 is 45.8 Å². The summed E-state index contributed by atoms with van der Waals surface area (Å²) in [6, 6.07) is 10.5. The summed E-state index contributed by atoms with van der Waals surface area (Å²) < 4.78 is 80.7. The molecule has 0 unspecified atom stereocenters. The van der Waals surface area contributed by atoms with E-state index in [1.807, 2.05) is 0 Å². The Morgan fingerprint density at radius 2 is 1.65 bits per heavy atom. The lowest BCUT2D eigenvalue weighted by atomic mass is 10.0. The highest BCUT2D eigenvalue weighted by molar-refractivity contribution is 6.06. The lowest BCUT2D eigenvalue weighted by Crippen LogP contribution is -2.15. The van der Waals surface area contributed by atoms with Gasteiger partial charge in [0, 0.05) is 5.56 Å². The Kier molecular flexibility index (Phi) is 7.18. The fourth-order valence-corrected chi connectivity index (χ4v) is 3.13. The van der Waals surface area contributed by atoms with Crippen LogP contribution in [0.25, 0.3) is 16.9 Å². The number of nitrogens with zero attached hydrogens (tertiary/aromatic N) is 2. The van der Waals surface area contributed by atoms with Crippen LogP contribution in [-0.4, -0.2) is 49.0 Å². The summed E-state index contributed by atoms with van der Waals surface area (Å²) in [5.41, 5.74) is -2.06. The van der Waals surface area contributed by atoms with Crippen LogP contribution in [0.2, 0.25) is 0 Å². The number of ether oxygens (including phenoxy) is 3. The molecule has 0 spiro atoms. The Balaban J connectivity index is 2.30. The van der Waals surface area contributed by atoms with Gasteiger partial charge in [-0.1, -0.05) is 24.3 Å². The molecule has 0 fully saturated rings. The van der Waals surface area contributed by atoms with Crippen LogP contribution in [0.4, 0.5) is 22.0 Å². The highest BCUT2D eigenvalue weighted by Crippen LogP contribution is 2.39. The monoisotopic (exact) mass is 484 g/mol. The fourth-order valence-electron chi connectivity index (χ4n) is 3.13. The molecule has 0 aliphatic carbocycles. The van der Waals surface area contributed by atoms with Crippen molar-refractivity contribution in [2.45, 2.75) is 12.6 Å². The second-order valence-corrected chi connectivity index (χ2v) is 6.71. The number of halogens is 5. The van der Waals surface area contributed by atoms with Crippen molar-refractivity contribution >= 4 is 11.9 Å². The van der Waals surface area contributed by atoms with Crippen molar-refractivity contribution in [2.24, 2.45) is 0 Å². The molecule has 0 saturated heterocycles. The minimum absolute atomic E-state index is 0.113. The molecule has 12 heteroatoms. The van der Waals surface area contributed by atoms with Gasteiger partial charge in [-0.15, -0.1) is 0 Å². The molecule has 3 aromatic rings. The Morgan fingerprint density at radius 1 is 1.00 bits per heavy atom. The van der Waals surface area contributed by atoms with Crippen LogP contribution in [0, 0.1) is 0 Å². The van der Waals surface area contributed by atoms with Crippen molar-refractivity contribution in [3.63, 3.8) is 0 Å². The van der Waals surface area contributed by atoms with Gasteiger partial charge >= 0.3 is 18.1 Å². The van der Waals surface area contributed by atoms with E-state index in [9.17, 15) is 31.5 Å². The summed E-state index contributed by atoms with van der Waals surface area (Å²) in [5, 5.41) is 4.25. The van der Waals surface area contributed by atoms with E-state index in [-0.39, 0.29) is 17.0 Å². The van der Waals surface area contributed by atoms with Crippen LogP contribution in [0.15, 0.2) is 48.5 Å². The Bertz CT molecular complexity index is 1190. The van der Waals surface area contributed by atoms with Crippen molar-refractivity contribution in [1.29, 1.82) is 0 Å². The maximum atomic E-state index is 13.4. The van der Waals surface area contributed by atoms with Crippen LogP contribution in [0.5, 0.6) is 5.75 Å². The first-order valence-electron chi connectivity index (χ1n) is 9.56. The van der Waals surface area contributed by atoms with E-state index in [1.54, 1.807) is 30.3 Å². The zero-order valence-corrected chi connectivity index (χ0v) is 17.7. The predicted molar refractivity (Wildman–Crippen MR) is 108 cm³/mol. The predicted octanol–water partition coefficient (Wildman–Crippen LogP) is 4.78. The molecular formula is C22H17F5N2O5. The molecule has 0 bridgehead atoms. The van der Waals surface area contributed by atoms with E-state index >= 15 is 0 Å².